The molecule has 1 fully saturated rings. The number of halogens is 1. The zero-order valence-electron chi connectivity index (χ0n) is 12.6. The lowest BCUT2D eigenvalue weighted by Crippen LogP contribution is -2.53. The third-order valence-electron chi connectivity index (χ3n) is 3.61. The maximum absolute atomic E-state index is 12.2. The predicted octanol–water partition coefficient (Wildman–Crippen LogP) is 3.29. The summed E-state index contributed by atoms with van der Waals surface area (Å²) in [7, 11) is 1.45. The summed E-state index contributed by atoms with van der Waals surface area (Å²) in [4.78, 5) is 16.5. The SMILES string of the molecule is COC(=O)C1(NC(C)C)CCC(Sc2ncccc2Cl)C1. The Labute approximate surface area is 135 Å². The van der Waals surface area contributed by atoms with Crippen molar-refractivity contribution in [2.45, 2.75) is 55.0 Å². The van der Waals surface area contributed by atoms with Crippen molar-refractivity contribution in [2.75, 3.05) is 7.11 Å². The maximum atomic E-state index is 12.2. The van der Waals surface area contributed by atoms with Crippen molar-refractivity contribution in [2.24, 2.45) is 0 Å². The summed E-state index contributed by atoms with van der Waals surface area (Å²) < 4.78 is 5.01. The monoisotopic (exact) mass is 328 g/mol. The number of thioether (sulfide) groups is 1. The topological polar surface area (TPSA) is 51.2 Å². The number of methoxy groups -OCH3 is 1. The van der Waals surface area contributed by atoms with Crippen LogP contribution >= 0.6 is 23.4 Å². The van der Waals surface area contributed by atoms with Gasteiger partial charge in [0.05, 0.1) is 12.1 Å². The van der Waals surface area contributed by atoms with Crippen molar-refractivity contribution >= 4 is 29.3 Å². The highest BCUT2D eigenvalue weighted by Gasteiger charge is 2.46. The lowest BCUT2D eigenvalue weighted by atomic mass is 9.97. The Hall–Kier alpha value is -0.780. The van der Waals surface area contributed by atoms with Crippen molar-refractivity contribution in [1.82, 2.24) is 10.3 Å². The van der Waals surface area contributed by atoms with E-state index in [1.807, 2.05) is 26.0 Å². The van der Waals surface area contributed by atoms with Crippen LogP contribution in [0.1, 0.15) is 33.1 Å². The Morgan fingerprint density at radius 3 is 3.00 bits per heavy atom. The molecule has 1 aromatic rings. The summed E-state index contributed by atoms with van der Waals surface area (Å²) in [5, 5.41) is 5.19. The minimum absolute atomic E-state index is 0.175. The van der Waals surface area contributed by atoms with Gasteiger partial charge in [0, 0.05) is 17.5 Å². The molecule has 1 aromatic heterocycles. The van der Waals surface area contributed by atoms with E-state index >= 15 is 0 Å². The van der Waals surface area contributed by atoms with Gasteiger partial charge in [-0.1, -0.05) is 11.6 Å². The second-order valence-electron chi connectivity index (χ2n) is 5.65. The molecule has 0 saturated heterocycles. The quantitative estimate of drug-likeness (QED) is 0.840. The Balaban J connectivity index is 2.09. The fraction of sp³-hybridized carbons (Fsp3) is 0.600. The van der Waals surface area contributed by atoms with Crippen LogP contribution in [0, 0.1) is 0 Å². The average molecular weight is 329 g/mol. The van der Waals surface area contributed by atoms with E-state index in [9.17, 15) is 4.79 Å². The third-order valence-corrected chi connectivity index (χ3v) is 5.31. The molecule has 0 amide bonds. The first kappa shape index (κ1) is 16.6. The number of ether oxygens (including phenoxy) is 1. The lowest BCUT2D eigenvalue weighted by molar-refractivity contribution is -0.148. The van der Waals surface area contributed by atoms with Crippen LogP contribution in [0.25, 0.3) is 0 Å². The number of esters is 1. The van der Waals surface area contributed by atoms with Crippen molar-refractivity contribution in [3.05, 3.63) is 23.4 Å². The van der Waals surface area contributed by atoms with Gasteiger partial charge in [-0.2, -0.15) is 0 Å². The Bertz CT molecular complexity index is 512. The maximum Gasteiger partial charge on any atom is 0.326 e. The van der Waals surface area contributed by atoms with Gasteiger partial charge in [-0.15, -0.1) is 11.8 Å². The van der Waals surface area contributed by atoms with Crippen LogP contribution in [-0.4, -0.2) is 34.9 Å². The zero-order chi connectivity index (χ0) is 15.5. The lowest BCUT2D eigenvalue weighted by Gasteiger charge is -2.30. The molecule has 6 heteroatoms. The van der Waals surface area contributed by atoms with Crippen LogP contribution in [0.2, 0.25) is 5.02 Å². The molecule has 0 aliphatic heterocycles. The van der Waals surface area contributed by atoms with E-state index < -0.39 is 5.54 Å². The first-order chi connectivity index (χ1) is 9.97. The van der Waals surface area contributed by atoms with Gasteiger partial charge in [0.25, 0.3) is 0 Å². The molecule has 21 heavy (non-hydrogen) atoms. The van der Waals surface area contributed by atoms with Crippen LogP contribution in [0.3, 0.4) is 0 Å². The Morgan fingerprint density at radius 2 is 2.38 bits per heavy atom. The second-order valence-corrected chi connectivity index (χ2v) is 7.34. The first-order valence-electron chi connectivity index (χ1n) is 7.10. The minimum atomic E-state index is -0.582. The number of hydrogen-bond donors (Lipinski definition) is 1. The number of nitrogens with one attached hydrogen (secondary N) is 1. The van der Waals surface area contributed by atoms with E-state index in [-0.39, 0.29) is 12.0 Å². The van der Waals surface area contributed by atoms with Crippen molar-refractivity contribution in [3.8, 4) is 0 Å². The van der Waals surface area contributed by atoms with E-state index in [2.05, 4.69) is 10.3 Å². The molecule has 1 aliphatic rings. The number of hydrogen-bond acceptors (Lipinski definition) is 5. The van der Waals surface area contributed by atoms with Gasteiger partial charge in [-0.05, 0) is 45.2 Å². The molecule has 1 heterocycles. The smallest absolute Gasteiger partial charge is 0.326 e. The van der Waals surface area contributed by atoms with E-state index in [1.165, 1.54) is 7.11 Å². The van der Waals surface area contributed by atoms with Crippen molar-refractivity contribution in [3.63, 3.8) is 0 Å². The molecule has 1 saturated carbocycles. The van der Waals surface area contributed by atoms with Gasteiger partial charge in [-0.25, -0.2) is 4.98 Å². The number of carbonyl (C=O) groups excluding carboxylic acids is 1. The number of aromatic nitrogens is 1. The normalized spacial score (nSPS) is 25.3. The van der Waals surface area contributed by atoms with Gasteiger partial charge < -0.3 is 4.74 Å². The molecule has 116 valence electrons. The van der Waals surface area contributed by atoms with E-state index in [4.69, 9.17) is 16.3 Å². The zero-order valence-corrected chi connectivity index (χ0v) is 14.1. The molecule has 1 N–H and O–H groups in total. The number of carbonyl (C=O) groups is 1. The van der Waals surface area contributed by atoms with Crippen LogP contribution in [0.5, 0.6) is 0 Å². The molecular weight excluding hydrogens is 308 g/mol. The van der Waals surface area contributed by atoms with Gasteiger partial charge in [0.15, 0.2) is 0 Å². The first-order valence-corrected chi connectivity index (χ1v) is 8.36. The fourth-order valence-corrected chi connectivity index (χ4v) is 4.32. The standard InChI is InChI=1S/C15H21ClN2O2S/c1-10(2)18-15(14(19)20-3)7-6-11(9-15)21-13-12(16)5-4-8-17-13/h4-5,8,10-11,18H,6-7,9H2,1-3H3. The van der Waals surface area contributed by atoms with E-state index in [1.54, 1.807) is 18.0 Å². The highest BCUT2D eigenvalue weighted by atomic mass is 35.5. The van der Waals surface area contributed by atoms with Crippen LogP contribution in [0.4, 0.5) is 0 Å². The van der Waals surface area contributed by atoms with Crippen molar-refractivity contribution in [1.29, 1.82) is 0 Å². The molecule has 0 radical (unpaired) electrons. The molecule has 1 aliphatic carbocycles. The minimum Gasteiger partial charge on any atom is -0.468 e. The Morgan fingerprint density at radius 1 is 1.62 bits per heavy atom. The number of pyridine rings is 1. The largest absolute Gasteiger partial charge is 0.468 e. The summed E-state index contributed by atoms with van der Waals surface area (Å²) in [6.07, 6.45) is 4.19. The average Bonchev–Trinajstić information content (AvgIpc) is 2.84. The Kier molecular flexibility index (Phi) is 5.52. The molecule has 0 aromatic carbocycles. The van der Waals surface area contributed by atoms with Gasteiger partial charge in [-0.3, -0.25) is 10.1 Å². The van der Waals surface area contributed by atoms with Gasteiger partial charge in [0.2, 0.25) is 0 Å². The second kappa shape index (κ2) is 6.99. The summed E-state index contributed by atoms with van der Waals surface area (Å²) in [5.41, 5.74) is -0.582. The van der Waals surface area contributed by atoms with Crippen LogP contribution in [0.15, 0.2) is 23.4 Å². The summed E-state index contributed by atoms with van der Waals surface area (Å²) >= 11 is 7.80. The number of nitrogens with zero attached hydrogens (tertiary/aromatic N) is 1. The highest BCUT2D eigenvalue weighted by molar-refractivity contribution is 8.00. The summed E-state index contributed by atoms with van der Waals surface area (Å²) in [6.45, 7) is 4.08. The predicted molar refractivity (Wildman–Crippen MR) is 85.8 cm³/mol. The highest BCUT2D eigenvalue weighted by Crippen LogP contribution is 2.42. The molecule has 0 spiro atoms. The molecule has 2 atom stereocenters. The van der Waals surface area contributed by atoms with Crippen LogP contribution < -0.4 is 5.32 Å². The van der Waals surface area contributed by atoms with Crippen LogP contribution in [-0.2, 0) is 9.53 Å². The van der Waals surface area contributed by atoms with Gasteiger partial charge in [0.1, 0.15) is 10.6 Å². The van der Waals surface area contributed by atoms with E-state index in [0.717, 1.165) is 24.3 Å². The number of rotatable bonds is 5. The fourth-order valence-electron chi connectivity index (χ4n) is 2.84. The molecule has 2 unspecified atom stereocenters. The molecule has 0 bridgehead atoms. The third kappa shape index (κ3) is 3.90. The molecular formula is C15H21ClN2O2S. The molecule has 4 nitrogen and oxygen atoms in total. The van der Waals surface area contributed by atoms with E-state index in [0.29, 0.717) is 10.3 Å². The summed E-state index contributed by atoms with van der Waals surface area (Å²) in [6, 6.07) is 3.89. The van der Waals surface area contributed by atoms with Crippen molar-refractivity contribution < 1.29 is 9.53 Å². The van der Waals surface area contributed by atoms with Gasteiger partial charge >= 0.3 is 5.97 Å². The summed E-state index contributed by atoms with van der Waals surface area (Å²) in [5.74, 6) is -0.175. The molecule has 2 rings (SSSR count).